The second kappa shape index (κ2) is 6.70. The van der Waals surface area contributed by atoms with E-state index in [0.29, 0.717) is 12.4 Å². The van der Waals surface area contributed by atoms with Gasteiger partial charge in [0.15, 0.2) is 0 Å². The molecule has 2 heterocycles. The number of hydrogen-bond donors (Lipinski definition) is 1. The topological polar surface area (TPSA) is 71.5 Å². The molecule has 1 fully saturated rings. The second-order valence-corrected chi connectivity index (χ2v) is 5.76. The summed E-state index contributed by atoms with van der Waals surface area (Å²) in [5.41, 5.74) is 1.60. The predicted octanol–water partition coefficient (Wildman–Crippen LogP) is 2.39. The first kappa shape index (κ1) is 16.0. The van der Waals surface area contributed by atoms with Crippen molar-refractivity contribution in [3.05, 3.63) is 48.2 Å². The number of aryl methyl sites for hydroxylation is 1. The monoisotopic (exact) mass is 325 g/mol. The highest BCUT2D eigenvalue weighted by Gasteiger charge is 2.35. The van der Waals surface area contributed by atoms with Gasteiger partial charge in [-0.15, -0.1) is 0 Å². The van der Waals surface area contributed by atoms with Crippen molar-refractivity contribution in [2.24, 2.45) is 5.92 Å². The number of methoxy groups -OCH3 is 1. The lowest BCUT2D eigenvalue weighted by molar-refractivity contribution is -0.122. The van der Waals surface area contributed by atoms with E-state index in [0.717, 1.165) is 17.1 Å². The number of amides is 2. The largest absolute Gasteiger partial charge is 0.497 e. The number of anilines is 2. The summed E-state index contributed by atoms with van der Waals surface area (Å²) in [5, 5.41) is 2.79. The van der Waals surface area contributed by atoms with Crippen molar-refractivity contribution >= 4 is 23.3 Å². The molecule has 1 aromatic heterocycles. The molecule has 1 aliphatic rings. The molecule has 0 radical (unpaired) electrons. The maximum absolute atomic E-state index is 12.4. The van der Waals surface area contributed by atoms with Gasteiger partial charge in [-0.1, -0.05) is 6.07 Å². The Morgan fingerprint density at radius 3 is 2.67 bits per heavy atom. The van der Waals surface area contributed by atoms with Gasteiger partial charge in [-0.05, 0) is 43.3 Å². The lowest BCUT2D eigenvalue weighted by atomic mass is 10.1. The average molecular weight is 325 g/mol. The number of rotatable bonds is 4. The van der Waals surface area contributed by atoms with Crippen molar-refractivity contribution in [1.82, 2.24) is 4.98 Å². The second-order valence-electron chi connectivity index (χ2n) is 5.76. The number of carbonyl (C=O) groups is 2. The number of nitrogens with one attached hydrogen (secondary N) is 1. The van der Waals surface area contributed by atoms with Gasteiger partial charge in [0.2, 0.25) is 11.8 Å². The van der Waals surface area contributed by atoms with E-state index in [1.54, 1.807) is 30.2 Å². The number of nitrogens with zero attached hydrogens (tertiary/aromatic N) is 2. The normalized spacial score (nSPS) is 17.0. The summed E-state index contributed by atoms with van der Waals surface area (Å²) in [6.07, 6.45) is 0.198. The van der Waals surface area contributed by atoms with Gasteiger partial charge >= 0.3 is 0 Å². The molecule has 1 aliphatic heterocycles. The Morgan fingerprint density at radius 1 is 1.25 bits per heavy atom. The van der Waals surface area contributed by atoms with Crippen molar-refractivity contribution < 1.29 is 14.3 Å². The molecular formula is C18H19N3O3. The highest BCUT2D eigenvalue weighted by Crippen LogP contribution is 2.27. The molecule has 1 atom stereocenters. The molecule has 0 bridgehead atoms. The maximum Gasteiger partial charge on any atom is 0.230 e. The zero-order valence-corrected chi connectivity index (χ0v) is 13.7. The molecule has 2 amide bonds. The summed E-state index contributed by atoms with van der Waals surface area (Å²) in [4.78, 5) is 30.5. The van der Waals surface area contributed by atoms with Gasteiger partial charge in [0, 0.05) is 24.3 Å². The fraction of sp³-hybridized carbons (Fsp3) is 0.278. The minimum absolute atomic E-state index is 0.0579. The minimum Gasteiger partial charge on any atom is -0.497 e. The van der Waals surface area contributed by atoms with Crippen LogP contribution in [0.15, 0.2) is 42.5 Å². The highest BCUT2D eigenvalue weighted by atomic mass is 16.5. The van der Waals surface area contributed by atoms with Crippen LogP contribution in [0.5, 0.6) is 5.75 Å². The zero-order valence-electron chi connectivity index (χ0n) is 13.7. The molecule has 0 saturated carbocycles. The summed E-state index contributed by atoms with van der Waals surface area (Å²) in [6.45, 7) is 2.23. The lowest BCUT2D eigenvalue weighted by Gasteiger charge is -2.17. The van der Waals surface area contributed by atoms with Crippen LogP contribution >= 0.6 is 0 Å². The fourth-order valence-corrected chi connectivity index (χ4v) is 2.74. The van der Waals surface area contributed by atoms with E-state index in [4.69, 9.17) is 4.74 Å². The Labute approximate surface area is 140 Å². The van der Waals surface area contributed by atoms with E-state index in [2.05, 4.69) is 10.3 Å². The van der Waals surface area contributed by atoms with Gasteiger partial charge < -0.3 is 15.0 Å². The number of aromatic nitrogens is 1. The van der Waals surface area contributed by atoms with Crippen molar-refractivity contribution in [2.75, 3.05) is 23.9 Å². The zero-order chi connectivity index (χ0) is 17.1. The van der Waals surface area contributed by atoms with E-state index in [9.17, 15) is 9.59 Å². The molecule has 1 saturated heterocycles. The molecule has 0 aliphatic carbocycles. The summed E-state index contributed by atoms with van der Waals surface area (Å²) in [6, 6.07) is 12.7. The van der Waals surface area contributed by atoms with Crippen molar-refractivity contribution in [3.8, 4) is 5.75 Å². The molecule has 0 unspecified atom stereocenters. The summed E-state index contributed by atoms with van der Waals surface area (Å²) in [7, 11) is 1.59. The number of pyridine rings is 1. The van der Waals surface area contributed by atoms with Crippen molar-refractivity contribution in [3.63, 3.8) is 0 Å². The SMILES string of the molecule is COc1ccc(N2C[C@@H](C(=O)Nc3cccc(C)n3)CC2=O)cc1. The number of ether oxygens (including phenoxy) is 1. The van der Waals surface area contributed by atoms with Gasteiger partial charge in [-0.3, -0.25) is 9.59 Å². The molecule has 6 heteroatoms. The quantitative estimate of drug-likeness (QED) is 0.937. The van der Waals surface area contributed by atoms with Crippen LogP contribution in [0.4, 0.5) is 11.5 Å². The van der Waals surface area contributed by atoms with E-state index in [1.165, 1.54) is 0 Å². The minimum atomic E-state index is -0.387. The molecule has 3 rings (SSSR count). The Bertz CT molecular complexity index is 758. The van der Waals surface area contributed by atoms with Gasteiger partial charge in [0.1, 0.15) is 11.6 Å². The van der Waals surface area contributed by atoms with Gasteiger partial charge in [-0.2, -0.15) is 0 Å². The molecule has 24 heavy (non-hydrogen) atoms. The van der Waals surface area contributed by atoms with Crippen molar-refractivity contribution in [1.29, 1.82) is 0 Å². The Hall–Kier alpha value is -2.89. The van der Waals surface area contributed by atoms with Gasteiger partial charge in [-0.25, -0.2) is 4.98 Å². The first-order valence-corrected chi connectivity index (χ1v) is 7.76. The van der Waals surface area contributed by atoms with E-state index < -0.39 is 0 Å². The third-order valence-corrected chi connectivity index (χ3v) is 4.02. The Balaban J connectivity index is 1.68. The highest BCUT2D eigenvalue weighted by molar-refractivity contribution is 6.03. The van der Waals surface area contributed by atoms with Crippen LogP contribution in [0, 0.1) is 12.8 Å². The number of carbonyl (C=O) groups excluding carboxylic acids is 2. The number of benzene rings is 1. The molecule has 1 aromatic carbocycles. The number of hydrogen-bond acceptors (Lipinski definition) is 4. The lowest BCUT2D eigenvalue weighted by Crippen LogP contribution is -2.28. The van der Waals surface area contributed by atoms with Crippen LogP contribution in [-0.2, 0) is 9.59 Å². The Kier molecular flexibility index (Phi) is 4.46. The molecule has 6 nitrogen and oxygen atoms in total. The molecular weight excluding hydrogens is 306 g/mol. The Morgan fingerprint density at radius 2 is 2.00 bits per heavy atom. The summed E-state index contributed by atoms with van der Waals surface area (Å²) in [5.74, 6) is 0.609. The van der Waals surface area contributed by atoms with Crippen LogP contribution in [0.2, 0.25) is 0 Å². The third kappa shape index (κ3) is 3.37. The van der Waals surface area contributed by atoms with E-state index >= 15 is 0 Å². The molecule has 0 spiro atoms. The smallest absolute Gasteiger partial charge is 0.230 e. The standard InChI is InChI=1S/C18H19N3O3/c1-12-4-3-5-16(19-12)20-18(23)13-10-17(22)21(11-13)14-6-8-15(24-2)9-7-14/h3-9,13H,10-11H2,1-2H3,(H,19,20,23)/t13-/m0/s1. The van der Waals surface area contributed by atoms with E-state index in [1.807, 2.05) is 31.2 Å². The fourth-order valence-electron chi connectivity index (χ4n) is 2.74. The van der Waals surface area contributed by atoms with Crippen LogP contribution in [-0.4, -0.2) is 30.5 Å². The van der Waals surface area contributed by atoms with Crippen LogP contribution in [0.3, 0.4) is 0 Å². The summed E-state index contributed by atoms with van der Waals surface area (Å²) < 4.78 is 5.12. The maximum atomic E-state index is 12.4. The average Bonchev–Trinajstić information content (AvgIpc) is 2.97. The molecule has 1 N–H and O–H groups in total. The first-order chi connectivity index (χ1) is 11.6. The van der Waals surface area contributed by atoms with E-state index in [-0.39, 0.29) is 24.2 Å². The van der Waals surface area contributed by atoms with Gasteiger partial charge in [0.25, 0.3) is 0 Å². The van der Waals surface area contributed by atoms with Crippen LogP contribution < -0.4 is 15.0 Å². The van der Waals surface area contributed by atoms with Crippen LogP contribution in [0.1, 0.15) is 12.1 Å². The molecule has 2 aromatic rings. The predicted molar refractivity (Wildman–Crippen MR) is 91.1 cm³/mol. The van der Waals surface area contributed by atoms with Gasteiger partial charge in [0.05, 0.1) is 13.0 Å². The summed E-state index contributed by atoms with van der Waals surface area (Å²) >= 11 is 0. The third-order valence-electron chi connectivity index (χ3n) is 4.02. The molecule has 124 valence electrons. The van der Waals surface area contributed by atoms with Crippen molar-refractivity contribution in [2.45, 2.75) is 13.3 Å². The van der Waals surface area contributed by atoms with Crippen LogP contribution in [0.25, 0.3) is 0 Å². The first-order valence-electron chi connectivity index (χ1n) is 7.76.